The van der Waals surface area contributed by atoms with Crippen molar-refractivity contribution in [3.05, 3.63) is 53.3 Å². The molecule has 1 aromatic heterocycles. The molecule has 5 heteroatoms. The lowest BCUT2D eigenvalue weighted by atomic mass is 10.2. The van der Waals surface area contributed by atoms with Crippen molar-refractivity contribution in [2.45, 2.75) is 6.92 Å². The number of benzene rings is 1. The smallest absolute Gasteiger partial charge is 0.258 e. The van der Waals surface area contributed by atoms with Crippen molar-refractivity contribution in [1.82, 2.24) is 4.98 Å². The van der Waals surface area contributed by atoms with Gasteiger partial charge in [0.25, 0.3) is 5.91 Å². The van der Waals surface area contributed by atoms with Crippen molar-refractivity contribution in [2.24, 2.45) is 0 Å². The topological polar surface area (TPSA) is 51.2 Å². The van der Waals surface area contributed by atoms with Gasteiger partial charge < -0.3 is 10.1 Å². The molecule has 0 aliphatic carbocycles. The second-order valence-corrected chi connectivity index (χ2v) is 4.11. The Morgan fingerprint density at radius 1 is 1.32 bits per heavy atom. The maximum absolute atomic E-state index is 12.0. The first-order valence-electron chi connectivity index (χ1n) is 5.85. The Hall–Kier alpha value is -2.07. The van der Waals surface area contributed by atoms with Gasteiger partial charge in [-0.3, -0.25) is 4.79 Å². The molecule has 1 N–H and O–H groups in total. The first-order chi connectivity index (χ1) is 9.20. The fourth-order valence-corrected chi connectivity index (χ4v) is 1.76. The van der Waals surface area contributed by atoms with Gasteiger partial charge in [-0.15, -0.1) is 0 Å². The van der Waals surface area contributed by atoms with Crippen LogP contribution in [0.4, 0.5) is 5.69 Å². The van der Waals surface area contributed by atoms with Gasteiger partial charge in [-0.05, 0) is 43.3 Å². The largest absolute Gasteiger partial charge is 0.494 e. The van der Waals surface area contributed by atoms with Crippen LogP contribution >= 0.6 is 11.6 Å². The summed E-state index contributed by atoms with van der Waals surface area (Å²) in [5, 5.41) is 2.94. The molecule has 0 aliphatic rings. The Bertz CT molecular complexity index is 570. The van der Waals surface area contributed by atoms with Crippen LogP contribution in [-0.4, -0.2) is 17.5 Å². The predicted octanol–water partition coefficient (Wildman–Crippen LogP) is 3.39. The van der Waals surface area contributed by atoms with E-state index in [2.05, 4.69) is 10.3 Å². The van der Waals surface area contributed by atoms with E-state index in [1.165, 1.54) is 6.20 Å². The molecule has 2 aromatic rings. The van der Waals surface area contributed by atoms with Gasteiger partial charge in [0.1, 0.15) is 10.9 Å². The second kappa shape index (κ2) is 6.20. The normalized spacial score (nSPS) is 10.0. The number of pyridine rings is 1. The quantitative estimate of drug-likeness (QED) is 0.871. The summed E-state index contributed by atoms with van der Waals surface area (Å²) >= 11 is 5.86. The summed E-state index contributed by atoms with van der Waals surface area (Å²) in [4.78, 5) is 15.8. The number of anilines is 1. The molecule has 0 radical (unpaired) electrons. The van der Waals surface area contributed by atoms with Crippen molar-refractivity contribution in [2.75, 3.05) is 11.9 Å². The summed E-state index contributed by atoms with van der Waals surface area (Å²) in [5.41, 5.74) is 1.02. The molecule has 2 rings (SSSR count). The third-order valence-electron chi connectivity index (χ3n) is 2.43. The van der Waals surface area contributed by atoms with Gasteiger partial charge in [-0.2, -0.15) is 0 Å². The molecule has 98 valence electrons. The highest BCUT2D eigenvalue weighted by Crippen LogP contribution is 2.18. The van der Waals surface area contributed by atoms with Gasteiger partial charge in [0.2, 0.25) is 0 Å². The minimum Gasteiger partial charge on any atom is -0.494 e. The fourth-order valence-electron chi connectivity index (χ4n) is 1.55. The number of ether oxygens (including phenoxy) is 1. The number of carbonyl (C=O) groups is 1. The maximum Gasteiger partial charge on any atom is 0.258 e. The molecule has 0 atom stereocenters. The lowest BCUT2D eigenvalue weighted by molar-refractivity contribution is 0.102. The van der Waals surface area contributed by atoms with Crippen LogP contribution in [0.1, 0.15) is 17.3 Å². The van der Waals surface area contributed by atoms with Gasteiger partial charge in [-0.1, -0.05) is 11.6 Å². The standard InChI is InChI=1S/C14H13ClN2O2/c1-2-19-11-7-5-10(6-8-11)17-14(18)12-4-3-9-16-13(12)15/h3-9H,2H2,1H3,(H,17,18). The number of nitrogens with one attached hydrogen (secondary N) is 1. The van der Waals surface area contributed by atoms with Crippen LogP contribution in [0, 0.1) is 0 Å². The molecule has 0 saturated carbocycles. The fraction of sp³-hybridized carbons (Fsp3) is 0.143. The van der Waals surface area contributed by atoms with E-state index in [-0.39, 0.29) is 11.1 Å². The molecule has 0 spiro atoms. The Morgan fingerprint density at radius 3 is 2.68 bits per heavy atom. The van der Waals surface area contributed by atoms with E-state index in [9.17, 15) is 4.79 Å². The third kappa shape index (κ3) is 3.45. The average molecular weight is 277 g/mol. The first kappa shape index (κ1) is 13.4. The lowest BCUT2D eigenvalue weighted by Gasteiger charge is -2.07. The minimum absolute atomic E-state index is 0.186. The Morgan fingerprint density at radius 2 is 2.05 bits per heavy atom. The summed E-state index contributed by atoms with van der Waals surface area (Å²) in [6, 6.07) is 10.4. The molecule has 0 unspecified atom stereocenters. The van der Waals surface area contributed by atoms with Gasteiger partial charge in [0.05, 0.1) is 12.2 Å². The number of nitrogens with zero attached hydrogens (tertiary/aromatic N) is 1. The Labute approximate surface area is 116 Å². The van der Waals surface area contributed by atoms with Crippen LogP contribution in [0.3, 0.4) is 0 Å². The van der Waals surface area contributed by atoms with Crippen molar-refractivity contribution in [3.63, 3.8) is 0 Å². The Kier molecular flexibility index (Phi) is 4.36. The van der Waals surface area contributed by atoms with Crippen LogP contribution in [0.15, 0.2) is 42.6 Å². The molecule has 0 aliphatic heterocycles. The molecule has 1 aromatic carbocycles. The van der Waals surface area contributed by atoms with Gasteiger partial charge in [-0.25, -0.2) is 4.98 Å². The molecule has 19 heavy (non-hydrogen) atoms. The zero-order valence-electron chi connectivity index (χ0n) is 10.4. The van der Waals surface area contributed by atoms with E-state index in [1.807, 2.05) is 6.92 Å². The number of halogens is 1. The van der Waals surface area contributed by atoms with E-state index in [0.29, 0.717) is 17.9 Å². The first-order valence-corrected chi connectivity index (χ1v) is 6.23. The zero-order chi connectivity index (χ0) is 13.7. The van der Waals surface area contributed by atoms with Crippen LogP contribution < -0.4 is 10.1 Å². The van der Waals surface area contributed by atoms with Gasteiger partial charge in [0, 0.05) is 11.9 Å². The molecule has 0 saturated heterocycles. The maximum atomic E-state index is 12.0. The van der Waals surface area contributed by atoms with Crippen LogP contribution in [0.2, 0.25) is 5.15 Å². The molecule has 4 nitrogen and oxygen atoms in total. The monoisotopic (exact) mass is 276 g/mol. The highest BCUT2D eigenvalue weighted by atomic mass is 35.5. The summed E-state index contributed by atoms with van der Waals surface area (Å²) in [5.74, 6) is 0.474. The van der Waals surface area contributed by atoms with Crippen molar-refractivity contribution >= 4 is 23.2 Å². The number of carbonyl (C=O) groups excluding carboxylic acids is 1. The van der Waals surface area contributed by atoms with E-state index in [0.717, 1.165) is 5.75 Å². The number of hydrogen-bond donors (Lipinski definition) is 1. The predicted molar refractivity (Wildman–Crippen MR) is 74.8 cm³/mol. The number of hydrogen-bond acceptors (Lipinski definition) is 3. The molecular formula is C14H13ClN2O2. The molecule has 1 heterocycles. The van der Waals surface area contributed by atoms with Crippen molar-refractivity contribution in [3.8, 4) is 5.75 Å². The summed E-state index contributed by atoms with van der Waals surface area (Å²) < 4.78 is 5.33. The van der Waals surface area contributed by atoms with Crippen LogP contribution in [-0.2, 0) is 0 Å². The third-order valence-corrected chi connectivity index (χ3v) is 2.73. The number of amides is 1. The summed E-state index contributed by atoms with van der Waals surface area (Å²) in [6.45, 7) is 2.52. The van der Waals surface area contributed by atoms with E-state index in [1.54, 1.807) is 36.4 Å². The van der Waals surface area contributed by atoms with Crippen molar-refractivity contribution < 1.29 is 9.53 Å². The number of rotatable bonds is 4. The highest BCUT2D eigenvalue weighted by Gasteiger charge is 2.10. The molecule has 1 amide bonds. The van der Waals surface area contributed by atoms with Gasteiger partial charge in [0.15, 0.2) is 0 Å². The SMILES string of the molecule is CCOc1ccc(NC(=O)c2cccnc2Cl)cc1. The number of aromatic nitrogens is 1. The Balaban J connectivity index is 2.09. The van der Waals surface area contributed by atoms with Crippen molar-refractivity contribution in [1.29, 1.82) is 0 Å². The minimum atomic E-state index is -0.290. The molecular weight excluding hydrogens is 264 g/mol. The highest BCUT2D eigenvalue weighted by molar-refractivity contribution is 6.33. The summed E-state index contributed by atoms with van der Waals surface area (Å²) in [7, 11) is 0. The molecule has 0 fully saturated rings. The average Bonchev–Trinajstić information content (AvgIpc) is 2.42. The van der Waals surface area contributed by atoms with E-state index >= 15 is 0 Å². The zero-order valence-corrected chi connectivity index (χ0v) is 11.1. The second-order valence-electron chi connectivity index (χ2n) is 3.75. The van der Waals surface area contributed by atoms with Crippen LogP contribution in [0.5, 0.6) is 5.75 Å². The lowest BCUT2D eigenvalue weighted by Crippen LogP contribution is -2.12. The van der Waals surface area contributed by atoms with Gasteiger partial charge >= 0.3 is 0 Å². The molecule has 0 bridgehead atoms. The van der Waals surface area contributed by atoms with E-state index in [4.69, 9.17) is 16.3 Å². The summed E-state index contributed by atoms with van der Waals surface area (Å²) in [6.07, 6.45) is 1.54. The van der Waals surface area contributed by atoms with Crippen LogP contribution in [0.25, 0.3) is 0 Å². The van der Waals surface area contributed by atoms with E-state index < -0.39 is 0 Å².